The van der Waals surface area contributed by atoms with Crippen molar-refractivity contribution in [2.75, 3.05) is 13.7 Å². The zero-order valence-corrected chi connectivity index (χ0v) is 32.9. The largest absolute Gasteiger partial charge is 0.497 e. The molecule has 0 aliphatic rings. The van der Waals surface area contributed by atoms with Gasteiger partial charge in [0.1, 0.15) is 18.0 Å². The average Bonchev–Trinajstić information content (AvgIpc) is 3.05. The third kappa shape index (κ3) is 10.5. The van der Waals surface area contributed by atoms with Gasteiger partial charge in [0, 0.05) is 13.0 Å². The van der Waals surface area contributed by atoms with Crippen LogP contribution in [0.4, 0.5) is 0 Å². The van der Waals surface area contributed by atoms with Crippen LogP contribution < -0.4 is 15.1 Å². The van der Waals surface area contributed by atoms with Gasteiger partial charge in [-0.05, 0) is 64.6 Å². The minimum Gasteiger partial charge on any atom is -0.497 e. The van der Waals surface area contributed by atoms with E-state index in [4.69, 9.17) is 18.3 Å². The molecule has 0 aliphatic carbocycles. The van der Waals surface area contributed by atoms with E-state index in [1.54, 1.807) is 13.2 Å². The first-order chi connectivity index (χ1) is 22.5. The molecule has 4 atom stereocenters. The minimum absolute atomic E-state index is 0.129. The molecule has 0 radical (unpaired) electrons. The van der Waals surface area contributed by atoms with Crippen LogP contribution in [0, 0.1) is 0 Å². The maximum atomic E-state index is 11.9. The van der Waals surface area contributed by atoms with Crippen LogP contribution in [0.15, 0.2) is 97.1 Å². The summed E-state index contributed by atoms with van der Waals surface area (Å²) in [7, 11) is -3.27. The number of benzene rings is 3. The van der Waals surface area contributed by atoms with Crippen LogP contribution in [0.5, 0.6) is 5.75 Å². The number of rotatable bonds is 17. The molecule has 0 unspecified atom stereocenters. The standard InChI is InChI=1S/C40H60O6Si2/c1-31(44-30-32-24-26-33(43-8)27-25-32)29-37(38(42)36(41)23-17-18-28-45-47(9,10)39(2,3)4)46-48(40(5,6)7,34-19-13-11-14-20-34)35-21-15-12-16-22-35/h11-17,19-27,31,36-38,41-42H,18,28-30H2,1-10H3/b23-17+/t31-,36+,37+,38-/m1/s1. The smallest absolute Gasteiger partial charge is 0.261 e. The van der Waals surface area contributed by atoms with Gasteiger partial charge >= 0.3 is 0 Å². The summed E-state index contributed by atoms with van der Waals surface area (Å²) in [6.45, 7) is 20.8. The summed E-state index contributed by atoms with van der Waals surface area (Å²) in [5, 5.41) is 25.3. The van der Waals surface area contributed by atoms with Crippen LogP contribution in [0.1, 0.15) is 66.9 Å². The van der Waals surface area contributed by atoms with Crippen molar-refractivity contribution in [3.8, 4) is 5.75 Å². The fourth-order valence-corrected chi connectivity index (χ4v) is 11.5. The number of hydrogen-bond donors (Lipinski definition) is 2. The van der Waals surface area contributed by atoms with Gasteiger partial charge in [-0.1, -0.05) is 126 Å². The van der Waals surface area contributed by atoms with Crippen LogP contribution in [-0.2, 0) is 20.2 Å². The Kier molecular flexibility index (Phi) is 14.4. The van der Waals surface area contributed by atoms with Gasteiger partial charge in [0.25, 0.3) is 8.32 Å². The van der Waals surface area contributed by atoms with E-state index in [0.29, 0.717) is 26.1 Å². The summed E-state index contributed by atoms with van der Waals surface area (Å²) in [6, 6.07) is 28.6. The molecule has 0 amide bonds. The average molecular weight is 693 g/mol. The SMILES string of the molecule is COc1ccc(CO[C@H](C)C[C@H](O[Si](c2ccccc2)(c2ccccc2)C(C)(C)C)[C@H](O)[C@@H](O)/C=C/CCO[Si](C)(C)C(C)(C)C)cc1. The fraction of sp³-hybridized carbons (Fsp3) is 0.500. The van der Waals surface area contributed by atoms with Gasteiger partial charge in [0.2, 0.25) is 0 Å². The highest BCUT2D eigenvalue weighted by molar-refractivity contribution is 6.99. The highest BCUT2D eigenvalue weighted by atomic mass is 28.4. The molecule has 264 valence electrons. The number of aliphatic hydroxyl groups excluding tert-OH is 2. The van der Waals surface area contributed by atoms with Crippen LogP contribution in [0.2, 0.25) is 23.2 Å². The van der Waals surface area contributed by atoms with E-state index >= 15 is 0 Å². The molecule has 3 rings (SSSR count). The lowest BCUT2D eigenvalue weighted by Crippen LogP contribution is -2.69. The third-order valence-electron chi connectivity index (χ3n) is 9.62. The van der Waals surface area contributed by atoms with E-state index in [-0.39, 0.29) is 16.2 Å². The second-order valence-electron chi connectivity index (χ2n) is 15.3. The van der Waals surface area contributed by atoms with Gasteiger partial charge in [0.05, 0.1) is 25.9 Å². The monoisotopic (exact) mass is 692 g/mol. The van der Waals surface area contributed by atoms with Crippen LogP contribution in [-0.4, -0.2) is 65.0 Å². The Labute approximate surface area is 292 Å². The Balaban J connectivity index is 1.92. The zero-order chi connectivity index (χ0) is 35.6. The molecule has 0 heterocycles. The van der Waals surface area contributed by atoms with Crippen molar-refractivity contribution in [1.29, 1.82) is 0 Å². The molecule has 0 spiro atoms. The zero-order valence-electron chi connectivity index (χ0n) is 30.9. The van der Waals surface area contributed by atoms with E-state index in [2.05, 4.69) is 78.9 Å². The molecular formula is C40H60O6Si2. The van der Waals surface area contributed by atoms with E-state index < -0.39 is 34.9 Å². The van der Waals surface area contributed by atoms with E-state index in [9.17, 15) is 10.2 Å². The molecule has 0 aromatic heterocycles. The molecule has 2 N–H and O–H groups in total. The van der Waals surface area contributed by atoms with Gasteiger partial charge in [-0.15, -0.1) is 0 Å². The molecular weight excluding hydrogens is 633 g/mol. The first kappa shape index (κ1) is 39.9. The maximum absolute atomic E-state index is 11.9. The van der Waals surface area contributed by atoms with Crippen molar-refractivity contribution in [3.05, 3.63) is 103 Å². The third-order valence-corrected chi connectivity index (χ3v) is 19.2. The summed E-state index contributed by atoms with van der Waals surface area (Å²) < 4.78 is 25.3. The molecule has 0 bridgehead atoms. The predicted octanol–water partition coefficient (Wildman–Crippen LogP) is 7.63. The first-order valence-corrected chi connectivity index (χ1v) is 22.0. The first-order valence-electron chi connectivity index (χ1n) is 17.2. The topological polar surface area (TPSA) is 77.4 Å². The number of hydrogen-bond acceptors (Lipinski definition) is 6. The van der Waals surface area contributed by atoms with Gasteiger partial charge in [-0.25, -0.2) is 0 Å². The molecule has 3 aromatic rings. The van der Waals surface area contributed by atoms with E-state index in [1.165, 1.54) is 0 Å². The maximum Gasteiger partial charge on any atom is 0.261 e. The summed E-state index contributed by atoms with van der Waals surface area (Å²) in [6.07, 6.45) is 1.34. The lowest BCUT2D eigenvalue weighted by Gasteiger charge is -2.46. The fourth-order valence-electron chi connectivity index (χ4n) is 5.70. The Morgan fingerprint density at radius 2 is 1.31 bits per heavy atom. The quantitative estimate of drug-likeness (QED) is 0.0861. The van der Waals surface area contributed by atoms with Crippen LogP contribution >= 0.6 is 0 Å². The second kappa shape index (κ2) is 17.4. The Hall–Kier alpha value is -2.57. The van der Waals surface area contributed by atoms with E-state index in [1.807, 2.05) is 73.7 Å². The van der Waals surface area contributed by atoms with Crippen molar-refractivity contribution >= 4 is 27.0 Å². The van der Waals surface area contributed by atoms with Crippen LogP contribution in [0.3, 0.4) is 0 Å². The molecule has 0 saturated carbocycles. The van der Waals surface area contributed by atoms with Gasteiger partial charge in [-0.2, -0.15) is 0 Å². The normalized spacial score (nSPS) is 15.7. The van der Waals surface area contributed by atoms with Crippen molar-refractivity contribution in [2.45, 2.75) is 116 Å². The summed E-state index contributed by atoms with van der Waals surface area (Å²) in [5.41, 5.74) is 1.02. The van der Waals surface area contributed by atoms with Crippen molar-refractivity contribution < 1.29 is 28.5 Å². The summed E-state index contributed by atoms with van der Waals surface area (Å²) in [5.74, 6) is 0.794. The number of methoxy groups -OCH3 is 1. The Bertz CT molecular complexity index is 1340. The molecule has 0 aliphatic heterocycles. The Morgan fingerprint density at radius 1 is 0.771 bits per heavy atom. The van der Waals surface area contributed by atoms with E-state index in [0.717, 1.165) is 21.7 Å². The molecule has 3 aromatic carbocycles. The van der Waals surface area contributed by atoms with Crippen molar-refractivity contribution in [3.63, 3.8) is 0 Å². The second-order valence-corrected chi connectivity index (χ2v) is 24.4. The molecule has 8 heteroatoms. The highest BCUT2D eigenvalue weighted by Gasteiger charge is 2.52. The molecule has 6 nitrogen and oxygen atoms in total. The highest BCUT2D eigenvalue weighted by Crippen LogP contribution is 2.39. The van der Waals surface area contributed by atoms with Gasteiger partial charge in [-0.3, -0.25) is 0 Å². The Morgan fingerprint density at radius 3 is 1.79 bits per heavy atom. The molecule has 0 fully saturated rings. The number of ether oxygens (including phenoxy) is 2. The predicted molar refractivity (Wildman–Crippen MR) is 203 cm³/mol. The van der Waals surface area contributed by atoms with Gasteiger partial charge in [0.15, 0.2) is 8.32 Å². The van der Waals surface area contributed by atoms with Crippen molar-refractivity contribution in [2.24, 2.45) is 0 Å². The lowest BCUT2D eigenvalue weighted by atomic mass is 10.0. The van der Waals surface area contributed by atoms with Crippen LogP contribution in [0.25, 0.3) is 0 Å². The summed E-state index contributed by atoms with van der Waals surface area (Å²) >= 11 is 0. The molecule has 48 heavy (non-hydrogen) atoms. The lowest BCUT2D eigenvalue weighted by molar-refractivity contribution is -0.0611. The van der Waals surface area contributed by atoms with Crippen molar-refractivity contribution in [1.82, 2.24) is 0 Å². The minimum atomic E-state index is -3.05. The molecule has 0 saturated heterocycles. The summed E-state index contributed by atoms with van der Waals surface area (Å²) in [4.78, 5) is 0. The number of aliphatic hydroxyl groups is 2. The van der Waals surface area contributed by atoms with Gasteiger partial charge < -0.3 is 28.5 Å².